The summed E-state index contributed by atoms with van der Waals surface area (Å²) in [5.74, 6) is 0. The monoisotopic (exact) mass is 556 g/mol. The Morgan fingerprint density at radius 2 is 0.568 bits per heavy atom. The van der Waals surface area contributed by atoms with Crippen LogP contribution in [-0.2, 0) is 0 Å². The minimum absolute atomic E-state index is 1.24. The summed E-state index contributed by atoms with van der Waals surface area (Å²) in [4.78, 5) is 0. The van der Waals surface area contributed by atoms with Crippen LogP contribution in [0.15, 0.2) is 175 Å². The molecule has 2 aliphatic rings. The summed E-state index contributed by atoms with van der Waals surface area (Å²) in [6, 6.07) is 62.1. The third kappa shape index (κ3) is 3.65. The molecule has 0 saturated heterocycles. The molecule has 7 aromatic rings. The third-order valence-corrected chi connectivity index (χ3v) is 9.21. The van der Waals surface area contributed by atoms with Crippen LogP contribution in [0.1, 0.15) is 33.4 Å². The number of fused-ring (bicyclic) bond motifs is 5. The smallest absolute Gasteiger partial charge is 0.000116 e. The maximum Gasteiger partial charge on any atom is -0.000116 e. The average molecular weight is 557 g/mol. The number of allylic oxidation sites excluding steroid dienone is 5. The second-order valence-electron chi connectivity index (χ2n) is 11.6. The van der Waals surface area contributed by atoms with Gasteiger partial charge in [0.1, 0.15) is 0 Å². The number of hydrogen-bond acceptors (Lipinski definition) is 0. The molecule has 0 radical (unpaired) electrons. The van der Waals surface area contributed by atoms with Crippen LogP contribution in [0.5, 0.6) is 0 Å². The zero-order valence-corrected chi connectivity index (χ0v) is 24.2. The van der Waals surface area contributed by atoms with E-state index in [-0.39, 0.29) is 0 Å². The van der Waals surface area contributed by atoms with Crippen LogP contribution in [0, 0.1) is 0 Å². The van der Waals surface area contributed by atoms with Gasteiger partial charge < -0.3 is 0 Å². The Balaban J connectivity index is 1.54. The van der Waals surface area contributed by atoms with Crippen molar-refractivity contribution in [1.82, 2.24) is 0 Å². The highest BCUT2D eigenvalue weighted by molar-refractivity contribution is 6.41. The lowest BCUT2D eigenvalue weighted by molar-refractivity contribution is 1.54. The van der Waals surface area contributed by atoms with Gasteiger partial charge in [-0.2, -0.15) is 0 Å². The lowest BCUT2D eigenvalue weighted by Gasteiger charge is -2.19. The SMILES string of the molecule is c1ccc(C2=C3C(=C(c4ccccc4)c4ccccc43)C(c3cccc4ccccc34)=C2c2cccc3ccccc23)cc1. The van der Waals surface area contributed by atoms with Gasteiger partial charge in [0.05, 0.1) is 0 Å². The lowest BCUT2D eigenvalue weighted by Crippen LogP contribution is -1.97. The molecule has 0 fully saturated rings. The van der Waals surface area contributed by atoms with Crippen molar-refractivity contribution >= 4 is 49.4 Å². The van der Waals surface area contributed by atoms with Gasteiger partial charge >= 0.3 is 0 Å². The van der Waals surface area contributed by atoms with Gasteiger partial charge in [-0.05, 0) is 88.4 Å². The molecule has 0 aliphatic heterocycles. The Bertz CT molecular complexity index is 2340. The van der Waals surface area contributed by atoms with E-state index in [0.717, 1.165) is 0 Å². The van der Waals surface area contributed by atoms with Gasteiger partial charge in [0.25, 0.3) is 0 Å². The van der Waals surface area contributed by atoms with E-state index in [1.807, 2.05) is 0 Å². The Hall–Kier alpha value is -5.72. The van der Waals surface area contributed by atoms with Crippen molar-refractivity contribution < 1.29 is 0 Å². The summed E-state index contributed by atoms with van der Waals surface area (Å²) >= 11 is 0. The molecule has 0 bridgehead atoms. The Labute approximate surface area is 257 Å². The van der Waals surface area contributed by atoms with Crippen molar-refractivity contribution in [1.29, 1.82) is 0 Å². The molecule has 7 aromatic carbocycles. The number of benzene rings is 7. The van der Waals surface area contributed by atoms with Crippen LogP contribution in [0.25, 0.3) is 49.4 Å². The van der Waals surface area contributed by atoms with E-state index in [2.05, 4.69) is 170 Å². The molecule has 0 aromatic heterocycles. The summed E-state index contributed by atoms with van der Waals surface area (Å²) in [5.41, 5.74) is 15.5. The molecule has 0 nitrogen and oxygen atoms in total. The van der Waals surface area contributed by atoms with Gasteiger partial charge in [0.15, 0.2) is 0 Å². The standard InChI is InChI=1S/C44H28/c1-3-17-31(18-4-1)39-37-25-11-12-26-38(37)42-40(32-19-5-2-6-20-32)41(35-27-13-21-29-15-7-9-23-33(29)35)43(44(39)42)36-28-14-22-30-16-8-10-24-34(30)36/h1-28H. The maximum atomic E-state index is 2.33. The quantitative estimate of drug-likeness (QED) is 0.202. The average Bonchev–Trinajstić information content (AvgIpc) is 3.61. The van der Waals surface area contributed by atoms with Gasteiger partial charge in [-0.25, -0.2) is 0 Å². The Morgan fingerprint density at radius 3 is 1.14 bits per heavy atom. The molecule has 0 N–H and O–H groups in total. The first-order valence-electron chi connectivity index (χ1n) is 15.3. The molecular weight excluding hydrogens is 528 g/mol. The molecule has 204 valence electrons. The highest BCUT2D eigenvalue weighted by Crippen LogP contribution is 2.62. The second kappa shape index (κ2) is 9.93. The van der Waals surface area contributed by atoms with Crippen LogP contribution in [0.2, 0.25) is 0 Å². The topological polar surface area (TPSA) is 0 Å². The highest BCUT2D eigenvalue weighted by Gasteiger charge is 2.40. The zero-order valence-electron chi connectivity index (χ0n) is 24.2. The molecule has 0 atom stereocenters. The van der Waals surface area contributed by atoms with Crippen molar-refractivity contribution in [2.75, 3.05) is 0 Å². The van der Waals surface area contributed by atoms with E-state index in [1.54, 1.807) is 0 Å². The van der Waals surface area contributed by atoms with Gasteiger partial charge in [-0.3, -0.25) is 0 Å². The van der Waals surface area contributed by atoms with Crippen LogP contribution >= 0.6 is 0 Å². The molecule has 0 heteroatoms. The molecule has 0 spiro atoms. The van der Waals surface area contributed by atoms with Crippen molar-refractivity contribution in [3.8, 4) is 0 Å². The molecular formula is C44H28. The zero-order chi connectivity index (χ0) is 29.0. The number of rotatable bonds is 4. The first-order valence-corrected chi connectivity index (χ1v) is 15.3. The summed E-state index contributed by atoms with van der Waals surface area (Å²) in [5, 5.41) is 5.04. The fourth-order valence-electron chi connectivity index (χ4n) is 7.42. The van der Waals surface area contributed by atoms with Crippen LogP contribution < -0.4 is 0 Å². The Morgan fingerprint density at radius 1 is 0.205 bits per heavy atom. The summed E-state index contributed by atoms with van der Waals surface area (Å²) < 4.78 is 0. The Kier molecular flexibility index (Phi) is 5.61. The van der Waals surface area contributed by atoms with Gasteiger partial charge in [0.2, 0.25) is 0 Å². The predicted molar refractivity (Wildman–Crippen MR) is 187 cm³/mol. The van der Waals surface area contributed by atoms with Crippen LogP contribution in [0.3, 0.4) is 0 Å². The first kappa shape index (κ1) is 24.8. The molecule has 44 heavy (non-hydrogen) atoms. The van der Waals surface area contributed by atoms with Crippen LogP contribution in [-0.4, -0.2) is 0 Å². The van der Waals surface area contributed by atoms with Crippen molar-refractivity contribution in [3.63, 3.8) is 0 Å². The molecule has 0 saturated carbocycles. The van der Waals surface area contributed by atoms with Gasteiger partial charge in [-0.1, -0.05) is 170 Å². The summed E-state index contributed by atoms with van der Waals surface area (Å²) in [7, 11) is 0. The molecule has 9 rings (SSSR count). The van der Waals surface area contributed by atoms with Gasteiger partial charge in [-0.15, -0.1) is 0 Å². The minimum Gasteiger partial charge on any atom is -0.0622 e. The van der Waals surface area contributed by atoms with E-state index in [9.17, 15) is 0 Å². The van der Waals surface area contributed by atoms with E-state index < -0.39 is 0 Å². The van der Waals surface area contributed by atoms with Crippen LogP contribution in [0.4, 0.5) is 0 Å². The summed E-state index contributed by atoms with van der Waals surface area (Å²) in [6.07, 6.45) is 0. The van der Waals surface area contributed by atoms with Crippen molar-refractivity contribution in [2.45, 2.75) is 0 Å². The van der Waals surface area contributed by atoms with E-state index in [1.165, 1.54) is 88.4 Å². The fraction of sp³-hybridized carbons (Fsp3) is 0. The largest absolute Gasteiger partial charge is 0.0622 e. The normalized spacial score (nSPS) is 14.1. The van der Waals surface area contributed by atoms with Crippen molar-refractivity contribution in [2.24, 2.45) is 0 Å². The number of hydrogen-bond donors (Lipinski definition) is 0. The molecule has 2 aliphatic carbocycles. The fourth-order valence-corrected chi connectivity index (χ4v) is 7.42. The third-order valence-electron chi connectivity index (χ3n) is 9.21. The highest BCUT2D eigenvalue weighted by atomic mass is 14.4. The lowest BCUT2D eigenvalue weighted by atomic mass is 9.84. The predicted octanol–water partition coefficient (Wildman–Crippen LogP) is 11.3. The van der Waals surface area contributed by atoms with Gasteiger partial charge in [0, 0.05) is 0 Å². The van der Waals surface area contributed by atoms with E-state index in [0.29, 0.717) is 0 Å². The maximum absolute atomic E-state index is 2.33. The van der Waals surface area contributed by atoms with E-state index in [4.69, 9.17) is 0 Å². The molecule has 0 unspecified atom stereocenters. The molecule has 0 heterocycles. The van der Waals surface area contributed by atoms with Crippen molar-refractivity contribution in [3.05, 3.63) is 209 Å². The molecule has 0 amide bonds. The second-order valence-corrected chi connectivity index (χ2v) is 11.6. The first-order chi connectivity index (χ1) is 21.9. The van der Waals surface area contributed by atoms with E-state index >= 15 is 0 Å². The summed E-state index contributed by atoms with van der Waals surface area (Å²) in [6.45, 7) is 0. The minimum atomic E-state index is 1.24.